The lowest BCUT2D eigenvalue weighted by Crippen LogP contribution is -2.46. The highest BCUT2D eigenvalue weighted by molar-refractivity contribution is 5.93. The van der Waals surface area contributed by atoms with E-state index in [1.54, 1.807) is 18.6 Å². The molecule has 5 heterocycles. The van der Waals surface area contributed by atoms with Crippen LogP contribution in [0.4, 0.5) is 0 Å². The zero-order valence-corrected chi connectivity index (χ0v) is 17.4. The summed E-state index contributed by atoms with van der Waals surface area (Å²) in [5.41, 5.74) is 0.283. The largest absolute Gasteiger partial charge is 0.360 e. The van der Waals surface area contributed by atoms with Crippen LogP contribution in [0, 0.1) is 11.8 Å². The first-order valence-corrected chi connectivity index (χ1v) is 10.9. The number of nitrogens with zero attached hydrogens (tertiary/aromatic N) is 5. The van der Waals surface area contributed by atoms with Gasteiger partial charge in [-0.05, 0) is 24.5 Å². The molecule has 2 unspecified atom stereocenters. The van der Waals surface area contributed by atoms with E-state index in [2.05, 4.69) is 9.97 Å². The van der Waals surface area contributed by atoms with Crippen LogP contribution in [0.15, 0.2) is 49.1 Å². The Morgan fingerprint density at radius 1 is 1.35 bits per heavy atom. The van der Waals surface area contributed by atoms with Gasteiger partial charge in [0.15, 0.2) is 0 Å². The molecule has 6 rings (SSSR count). The molecule has 2 aromatic heterocycles. The number of carbonyl (C=O) groups is 2. The monoisotopic (exact) mass is 419 g/mol. The van der Waals surface area contributed by atoms with Gasteiger partial charge >= 0.3 is 0 Å². The Balaban J connectivity index is 1.27. The molecule has 4 atom stereocenters. The lowest BCUT2D eigenvalue weighted by atomic mass is 9.76. The van der Waals surface area contributed by atoms with Gasteiger partial charge in [0, 0.05) is 44.4 Å². The summed E-state index contributed by atoms with van der Waals surface area (Å²) in [6, 6.07) is 4.06. The van der Waals surface area contributed by atoms with Gasteiger partial charge in [-0.1, -0.05) is 18.2 Å². The molecule has 3 aliphatic heterocycles. The molecule has 0 radical (unpaired) electrons. The first-order valence-electron chi connectivity index (χ1n) is 10.9. The highest BCUT2D eigenvalue weighted by Crippen LogP contribution is 2.53. The van der Waals surface area contributed by atoms with Gasteiger partial charge in [0.2, 0.25) is 11.8 Å². The number of aromatic nitrogens is 3. The zero-order valence-electron chi connectivity index (χ0n) is 17.4. The predicted molar refractivity (Wildman–Crippen MR) is 110 cm³/mol. The summed E-state index contributed by atoms with van der Waals surface area (Å²) in [7, 11) is 1.94. The Kier molecular flexibility index (Phi) is 4.08. The summed E-state index contributed by atoms with van der Waals surface area (Å²) in [4.78, 5) is 39.6. The van der Waals surface area contributed by atoms with Crippen LogP contribution in [0.25, 0.3) is 0 Å². The Morgan fingerprint density at radius 3 is 2.94 bits per heavy atom. The molecule has 2 aromatic rings. The topological polar surface area (TPSA) is 80.6 Å². The van der Waals surface area contributed by atoms with Crippen LogP contribution in [-0.4, -0.2) is 60.4 Å². The average molecular weight is 419 g/mol. The minimum absolute atomic E-state index is 0.00166. The molecule has 8 heteroatoms. The zero-order chi connectivity index (χ0) is 21.2. The number of amides is 2. The van der Waals surface area contributed by atoms with E-state index in [1.165, 1.54) is 0 Å². The van der Waals surface area contributed by atoms with Gasteiger partial charge in [0.1, 0.15) is 11.4 Å². The number of hydrogen-bond acceptors (Lipinski definition) is 5. The summed E-state index contributed by atoms with van der Waals surface area (Å²) in [5, 5.41) is 0. The highest BCUT2D eigenvalue weighted by atomic mass is 16.5. The highest BCUT2D eigenvalue weighted by Gasteiger charge is 2.67. The smallest absolute Gasteiger partial charge is 0.230 e. The molecule has 3 fully saturated rings. The molecular weight excluding hydrogens is 394 g/mol. The molecule has 1 spiro atoms. The first kappa shape index (κ1) is 18.7. The third-order valence-corrected chi connectivity index (χ3v) is 7.06. The van der Waals surface area contributed by atoms with E-state index in [0.29, 0.717) is 19.6 Å². The van der Waals surface area contributed by atoms with E-state index < -0.39 is 17.4 Å². The maximum absolute atomic E-state index is 13.8. The van der Waals surface area contributed by atoms with Gasteiger partial charge < -0.3 is 19.1 Å². The molecule has 2 bridgehead atoms. The second kappa shape index (κ2) is 6.75. The number of imidazole rings is 1. The summed E-state index contributed by atoms with van der Waals surface area (Å²) < 4.78 is 8.25. The first-order chi connectivity index (χ1) is 15.1. The number of aryl methyl sites for hydroxylation is 1. The third kappa shape index (κ3) is 2.92. The summed E-state index contributed by atoms with van der Waals surface area (Å²) in [5.74, 6) is -0.0674. The molecule has 0 N–H and O–H groups in total. The van der Waals surface area contributed by atoms with Gasteiger partial charge in [-0.25, -0.2) is 4.98 Å². The minimum atomic E-state index is -0.692. The van der Waals surface area contributed by atoms with Gasteiger partial charge in [-0.3, -0.25) is 14.6 Å². The van der Waals surface area contributed by atoms with Crippen molar-refractivity contribution in [3.05, 3.63) is 60.5 Å². The predicted octanol–water partition coefficient (Wildman–Crippen LogP) is 1.29. The molecule has 4 aliphatic rings. The van der Waals surface area contributed by atoms with Crippen molar-refractivity contribution < 1.29 is 14.3 Å². The van der Waals surface area contributed by atoms with Crippen molar-refractivity contribution in [2.45, 2.75) is 43.7 Å². The molecule has 0 aromatic carbocycles. The van der Waals surface area contributed by atoms with Crippen LogP contribution in [0.3, 0.4) is 0 Å². The standard InChI is InChI=1S/C23H25N5O3/c1-26-10-9-25-18(26)13-28(16-4-5-16)21(29)19-17-6-7-23(31-17)14-27(22(30)20(19)23)12-15-3-2-8-24-11-15/h2-3,6-11,16-17,19-20H,4-5,12-14H2,1H3/t17-,19?,20?,23-/m1/s1. The van der Waals surface area contributed by atoms with Gasteiger partial charge in [-0.2, -0.15) is 0 Å². The lowest BCUT2D eigenvalue weighted by molar-refractivity contribution is -0.144. The number of fused-ring (bicyclic) bond motifs is 1. The fourth-order valence-electron chi connectivity index (χ4n) is 5.37. The minimum Gasteiger partial charge on any atom is -0.360 e. The molecule has 1 saturated carbocycles. The van der Waals surface area contributed by atoms with E-state index in [4.69, 9.17) is 4.74 Å². The van der Waals surface area contributed by atoms with E-state index in [1.807, 2.05) is 51.9 Å². The van der Waals surface area contributed by atoms with Crippen molar-refractivity contribution in [2.75, 3.05) is 6.54 Å². The lowest BCUT2D eigenvalue weighted by Gasteiger charge is -2.30. The second-order valence-electron chi connectivity index (χ2n) is 9.11. The van der Waals surface area contributed by atoms with Crippen molar-refractivity contribution in [2.24, 2.45) is 18.9 Å². The Hall–Kier alpha value is -3.00. The van der Waals surface area contributed by atoms with Gasteiger partial charge in [0.25, 0.3) is 0 Å². The van der Waals surface area contributed by atoms with Crippen LogP contribution in [0.1, 0.15) is 24.2 Å². The number of likely N-dealkylation sites (tertiary alicyclic amines) is 1. The molecule has 1 aliphatic carbocycles. The van der Waals surface area contributed by atoms with Crippen LogP contribution in [-0.2, 0) is 34.5 Å². The van der Waals surface area contributed by atoms with Crippen molar-refractivity contribution in [3.8, 4) is 0 Å². The fourth-order valence-corrected chi connectivity index (χ4v) is 5.37. The van der Waals surface area contributed by atoms with E-state index in [-0.39, 0.29) is 24.0 Å². The summed E-state index contributed by atoms with van der Waals surface area (Å²) in [6.07, 6.45) is 12.8. The van der Waals surface area contributed by atoms with Crippen LogP contribution in [0.2, 0.25) is 0 Å². The maximum Gasteiger partial charge on any atom is 0.230 e. The summed E-state index contributed by atoms with van der Waals surface area (Å²) >= 11 is 0. The Labute approximate surface area is 180 Å². The molecule has 2 amide bonds. The van der Waals surface area contributed by atoms with Gasteiger partial charge in [-0.15, -0.1) is 0 Å². The third-order valence-electron chi connectivity index (χ3n) is 7.06. The molecular formula is C23H25N5O3. The number of ether oxygens (including phenoxy) is 1. The molecule has 8 nitrogen and oxygen atoms in total. The number of pyridine rings is 1. The average Bonchev–Trinajstić information content (AvgIpc) is 3.15. The van der Waals surface area contributed by atoms with Crippen molar-refractivity contribution in [1.82, 2.24) is 24.3 Å². The molecule has 160 valence electrons. The number of hydrogen-bond donors (Lipinski definition) is 0. The summed E-state index contributed by atoms with van der Waals surface area (Å²) in [6.45, 7) is 1.42. The molecule has 31 heavy (non-hydrogen) atoms. The van der Waals surface area contributed by atoms with Crippen molar-refractivity contribution >= 4 is 11.8 Å². The van der Waals surface area contributed by atoms with E-state index >= 15 is 0 Å². The number of rotatable bonds is 6. The van der Waals surface area contributed by atoms with Crippen molar-refractivity contribution in [3.63, 3.8) is 0 Å². The van der Waals surface area contributed by atoms with E-state index in [0.717, 1.165) is 24.2 Å². The second-order valence-corrected chi connectivity index (χ2v) is 9.11. The quantitative estimate of drug-likeness (QED) is 0.659. The normalized spacial score (nSPS) is 30.8. The Bertz CT molecular complexity index is 1060. The van der Waals surface area contributed by atoms with Gasteiger partial charge in [0.05, 0.1) is 31.0 Å². The van der Waals surface area contributed by atoms with Crippen LogP contribution < -0.4 is 0 Å². The van der Waals surface area contributed by atoms with Crippen LogP contribution in [0.5, 0.6) is 0 Å². The van der Waals surface area contributed by atoms with E-state index in [9.17, 15) is 9.59 Å². The van der Waals surface area contributed by atoms with Crippen LogP contribution >= 0.6 is 0 Å². The van der Waals surface area contributed by atoms with Crippen molar-refractivity contribution in [1.29, 1.82) is 0 Å². The Morgan fingerprint density at radius 2 is 2.23 bits per heavy atom. The SMILES string of the molecule is Cn1ccnc1CN(C(=O)C1C2C(=O)N(Cc3cccnc3)C[C@]23C=C[C@H]1O3)C1CC1. The molecule has 2 saturated heterocycles. The fraction of sp³-hybridized carbons (Fsp3) is 0.478. The maximum atomic E-state index is 13.8. The number of carbonyl (C=O) groups excluding carboxylic acids is 2.